The summed E-state index contributed by atoms with van der Waals surface area (Å²) in [7, 11) is -2.95. The Labute approximate surface area is 120 Å². The molecule has 1 aromatic carbocycles. The molecule has 1 heterocycles. The van der Waals surface area contributed by atoms with Gasteiger partial charge in [0.1, 0.15) is 0 Å². The van der Waals surface area contributed by atoms with Gasteiger partial charge >= 0.3 is 0 Å². The monoisotopic (exact) mass is 295 g/mol. The smallest absolute Gasteiger partial charge is 0.224 e. The molecule has 0 spiro atoms. The lowest BCUT2D eigenvalue weighted by molar-refractivity contribution is -0.121. The van der Waals surface area contributed by atoms with Gasteiger partial charge in [-0.05, 0) is 43.9 Å². The van der Waals surface area contributed by atoms with Gasteiger partial charge in [0.05, 0.1) is 17.9 Å². The molecule has 1 aromatic rings. The minimum atomic E-state index is -2.95. The molecule has 4 nitrogen and oxygen atoms in total. The maximum Gasteiger partial charge on any atom is 0.224 e. The molecular weight excluding hydrogens is 274 g/mol. The second-order valence-electron chi connectivity index (χ2n) is 5.72. The average molecular weight is 295 g/mol. The molecule has 0 aliphatic carbocycles. The van der Waals surface area contributed by atoms with Crippen molar-refractivity contribution >= 4 is 15.7 Å². The van der Waals surface area contributed by atoms with E-state index in [4.69, 9.17) is 0 Å². The Morgan fingerprint density at radius 1 is 1.25 bits per heavy atom. The fourth-order valence-electron chi connectivity index (χ4n) is 2.84. The van der Waals surface area contributed by atoms with E-state index in [0.717, 1.165) is 16.7 Å². The number of amides is 1. The lowest BCUT2D eigenvalue weighted by Crippen LogP contribution is -2.36. The molecule has 1 amide bonds. The van der Waals surface area contributed by atoms with Crippen LogP contribution in [-0.2, 0) is 21.1 Å². The van der Waals surface area contributed by atoms with Crippen LogP contribution >= 0.6 is 0 Å². The van der Waals surface area contributed by atoms with Gasteiger partial charge in [-0.2, -0.15) is 0 Å². The quantitative estimate of drug-likeness (QED) is 0.918. The van der Waals surface area contributed by atoms with Crippen molar-refractivity contribution in [3.63, 3.8) is 0 Å². The van der Waals surface area contributed by atoms with Gasteiger partial charge in [-0.1, -0.05) is 17.7 Å². The van der Waals surface area contributed by atoms with E-state index >= 15 is 0 Å². The molecule has 1 saturated heterocycles. The molecule has 5 heteroatoms. The second kappa shape index (κ2) is 5.56. The van der Waals surface area contributed by atoms with Crippen LogP contribution in [0.15, 0.2) is 12.1 Å². The topological polar surface area (TPSA) is 63.2 Å². The lowest BCUT2D eigenvalue weighted by atomic mass is 9.97. The first-order valence-corrected chi connectivity index (χ1v) is 8.65. The van der Waals surface area contributed by atoms with E-state index in [1.807, 2.05) is 20.8 Å². The predicted octanol–water partition coefficient (Wildman–Crippen LogP) is 1.46. The van der Waals surface area contributed by atoms with E-state index in [9.17, 15) is 13.2 Å². The first-order valence-electron chi connectivity index (χ1n) is 6.83. The van der Waals surface area contributed by atoms with Crippen LogP contribution in [0.2, 0.25) is 0 Å². The third-order valence-electron chi connectivity index (χ3n) is 3.78. The number of hydrogen-bond acceptors (Lipinski definition) is 3. The van der Waals surface area contributed by atoms with E-state index in [1.54, 1.807) is 0 Å². The molecule has 0 aromatic heterocycles. The maximum atomic E-state index is 12.1. The summed E-state index contributed by atoms with van der Waals surface area (Å²) in [6.07, 6.45) is 0.842. The van der Waals surface area contributed by atoms with E-state index in [-0.39, 0.29) is 23.5 Å². The first-order chi connectivity index (χ1) is 9.27. The highest BCUT2D eigenvalue weighted by molar-refractivity contribution is 7.91. The van der Waals surface area contributed by atoms with Gasteiger partial charge in [-0.3, -0.25) is 4.79 Å². The molecule has 20 heavy (non-hydrogen) atoms. The van der Waals surface area contributed by atoms with Crippen LogP contribution in [0, 0.1) is 20.8 Å². The summed E-state index contributed by atoms with van der Waals surface area (Å²) in [4.78, 5) is 12.1. The highest BCUT2D eigenvalue weighted by atomic mass is 32.2. The van der Waals surface area contributed by atoms with Gasteiger partial charge < -0.3 is 5.32 Å². The molecule has 0 bridgehead atoms. The summed E-state index contributed by atoms with van der Waals surface area (Å²) in [6.45, 7) is 6.04. The van der Waals surface area contributed by atoms with E-state index in [0.29, 0.717) is 12.8 Å². The van der Waals surface area contributed by atoms with Crippen molar-refractivity contribution in [2.75, 3.05) is 11.5 Å². The zero-order valence-electron chi connectivity index (χ0n) is 12.2. The van der Waals surface area contributed by atoms with Crippen molar-refractivity contribution < 1.29 is 13.2 Å². The Hall–Kier alpha value is -1.36. The molecule has 1 atom stereocenters. The van der Waals surface area contributed by atoms with Gasteiger partial charge in [0.2, 0.25) is 5.91 Å². The summed E-state index contributed by atoms with van der Waals surface area (Å²) >= 11 is 0. The fraction of sp³-hybridized carbons (Fsp3) is 0.533. The van der Waals surface area contributed by atoms with Crippen LogP contribution in [0.5, 0.6) is 0 Å². The standard InChI is InChI=1S/C15H21NO3S/c1-10-6-11(2)14(12(3)7-10)8-15(17)16-13-4-5-20(18,19)9-13/h6-7,13H,4-5,8-9H2,1-3H3,(H,16,17). The van der Waals surface area contributed by atoms with Gasteiger partial charge in [0.25, 0.3) is 0 Å². The van der Waals surface area contributed by atoms with Crippen LogP contribution in [0.25, 0.3) is 0 Å². The maximum absolute atomic E-state index is 12.1. The summed E-state index contributed by atoms with van der Waals surface area (Å²) in [5, 5.41) is 2.83. The normalized spacial score (nSPS) is 20.9. The van der Waals surface area contributed by atoms with Gasteiger partial charge in [-0.25, -0.2) is 8.42 Å². The number of carbonyl (C=O) groups is 1. The molecule has 1 aliphatic rings. The number of sulfone groups is 1. The van der Waals surface area contributed by atoms with Gasteiger partial charge in [-0.15, -0.1) is 0 Å². The van der Waals surface area contributed by atoms with E-state index < -0.39 is 9.84 Å². The molecule has 2 rings (SSSR count). The van der Waals surface area contributed by atoms with Crippen molar-refractivity contribution in [2.24, 2.45) is 0 Å². The molecule has 110 valence electrons. The summed E-state index contributed by atoms with van der Waals surface area (Å²) in [5.41, 5.74) is 4.44. The molecule has 0 radical (unpaired) electrons. The van der Waals surface area contributed by atoms with Crippen LogP contribution in [0.3, 0.4) is 0 Å². The third-order valence-corrected chi connectivity index (χ3v) is 5.54. The van der Waals surface area contributed by atoms with E-state index in [1.165, 1.54) is 5.56 Å². The summed E-state index contributed by atoms with van der Waals surface area (Å²) < 4.78 is 22.8. The van der Waals surface area contributed by atoms with Crippen LogP contribution in [-0.4, -0.2) is 31.9 Å². The third kappa shape index (κ3) is 3.60. The number of hydrogen-bond donors (Lipinski definition) is 1. The Bertz CT molecular complexity index is 612. The van der Waals surface area contributed by atoms with Crippen LogP contribution in [0.1, 0.15) is 28.7 Å². The Kier molecular flexibility index (Phi) is 4.18. The molecule has 0 saturated carbocycles. The SMILES string of the molecule is Cc1cc(C)c(CC(=O)NC2CCS(=O)(=O)C2)c(C)c1. The van der Waals surface area contributed by atoms with Crippen molar-refractivity contribution in [3.8, 4) is 0 Å². The van der Waals surface area contributed by atoms with Gasteiger partial charge in [0.15, 0.2) is 9.84 Å². The van der Waals surface area contributed by atoms with Crippen LogP contribution < -0.4 is 5.32 Å². The number of nitrogens with one attached hydrogen (secondary N) is 1. The minimum absolute atomic E-state index is 0.0740. The Balaban J connectivity index is 2.02. The Morgan fingerprint density at radius 3 is 2.35 bits per heavy atom. The lowest BCUT2D eigenvalue weighted by Gasteiger charge is -2.14. The second-order valence-corrected chi connectivity index (χ2v) is 7.95. The molecule has 1 fully saturated rings. The number of aryl methyl sites for hydroxylation is 3. The molecule has 1 N–H and O–H groups in total. The van der Waals surface area contributed by atoms with Gasteiger partial charge in [0, 0.05) is 6.04 Å². The first kappa shape index (κ1) is 15.0. The molecule has 1 unspecified atom stereocenters. The number of benzene rings is 1. The molecular formula is C15H21NO3S. The summed E-state index contributed by atoms with van der Waals surface area (Å²) in [6, 6.07) is 3.91. The van der Waals surface area contributed by atoms with Crippen molar-refractivity contribution in [1.29, 1.82) is 0 Å². The minimum Gasteiger partial charge on any atom is -0.352 e. The molecule has 1 aliphatic heterocycles. The predicted molar refractivity (Wildman–Crippen MR) is 79.6 cm³/mol. The van der Waals surface area contributed by atoms with Crippen molar-refractivity contribution in [2.45, 2.75) is 39.7 Å². The fourth-order valence-corrected chi connectivity index (χ4v) is 4.51. The Morgan fingerprint density at radius 2 is 1.85 bits per heavy atom. The van der Waals surface area contributed by atoms with E-state index in [2.05, 4.69) is 17.4 Å². The van der Waals surface area contributed by atoms with Crippen LogP contribution in [0.4, 0.5) is 0 Å². The number of carbonyl (C=O) groups excluding carboxylic acids is 1. The largest absolute Gasteiger partial charge is 0.352 e. The number of rotatable bonds is 3. The highest BCUT2D eigenvalue weighted by Crippen LogP contribution is 2.17. The highest BCUT2D eigenvalue weighted by Gasteiger charge is 2.28. The summed E-state index contributed by atoms with van der Waals surface area (Å²) in [5.74, 6) is 0.160. The average Bonchev–Trinajstić information content (AvgIpc) is 2.63. The zero-order valence-corrected chi connectivity index (χ0v) is 13.0. The van der Waals surface area contributed by atoms with Crippen molar-refractivity contribution in [1.82, 2.24) is 5.32 Å². The van der Waals surface area contributed by atoms with Crippen molar-refractivity contribution in [3.05, 3.63) is 34.4 Å². The zero-order chi connectivity index (χ0) is 14.9.